The summed E-state index contributed by atoms with van der Waals surface area (Å²) in [5, 5.41) is 3.39. The number of esters is 1. The van der Waals surface area contributed by atoms with Crippen molar-refractivity contribution in [3.05, 3.63) is 126 Å². The van der Waals surface area contributed by atoms with E-state index in [0.717, 1.165) is 16.7 Å². The van der Waals surface area contributed by atoms with Crippen molar-refractivity contribution in [2.45, 2.75) is 43.3 Å². The van der Waals surface area contributed by atoms with Crippen molar-refractivity contribution in [2.75, 3.05) is 6.61 Å². The Morgan fingerprint density at radius 2 is 1.53 bits per heavy atom. The number of aryl methyl sites for hydroxylation is 1. The zero-order valence-corrected chi connectivity index (χ0v) is 22.3. The molecule has 2 N–H and O–H groups in total. The molecule has 0 spiro atoms. The molecule has 7 nitrogen and oxygen atoms in total. The molecule has 4 aromatic rings. The van der Waals surface area contributed by atoms with Gasteiger partial charge in [-0.15, -0.1) is 0 Å². The molecule has 198 valence electrons. The first kappa shape index (κ1) is 27.3. The first-order chi connectivity index (χ1) is 18.3. The minimum atomic E-state index is -4.07. The van der Waals surface area contributed by atoms with Gasteiger partial charge in [-0.3, -0.25) is 5.32 Å². The lowest BCUT2D eigenvalue weighted by Gasteiger charge is -2.39. The second-order valence-corrected chi connectivity index (χ2v) is 10.8. The number of rotatable bonds is 12. The van der Waals surface area contributed by atoms with Crippen LogP contribution in [-0.4, -0.2) is 26.5 Å². The highest BCUT2D eigenvalue weighted by Crippen LogP contribution is 2.34. The van der Waals surface area contributed by atoms with Crippen LogP contribution in [0.3, 0.4) is 0 Å². The number of benzene rings is 3. The number of carbonyl (C=O) groups is 1. The largest absolute Gasteiger partial charge is 0.468 e. The lowest BCUT2D eigenvalue weighted by atomic mass is 9.82. The molecule has 1 heterocycles. The van der Waals surface area contributed by atoms with Gasteiger partial charge in [-0.1, -0.05) is 78.4 Å². The van der Waals surface area contributed by atoms with Crippen molar-refractivity contribution in [3.8, 4) is 0 Å². The van der Waals surface area contributed by atoms with Gasteiger partial charge < -0.3 is 9.15 Å². The van der Waals surface area contributed by atoms with Crippen LogP contribution in [0.2, 0.25) is 0 Å². The van der Waals surface area contributed by atoms with E-state index in [1.54, 1.807) is 31.2 Å². The average molecular weight is 533 g/mol. The van der Waals surface area contributed by atoms with Gasteiger partial charge in [0.1, 0.15) is 17.3 Å². The van der Waals surface area contributed by atoms with E-state index in [9.17, 15) is 13.2 Å². The molecule has 8 heteroatoms. The van der Waals surface area contributed by atoms with Crippen LogP contribution < -0.4 is 10.0 Å². The van der Waals surface area contributed by atoms with Crippen LogP contribution in [0.15, 0.2) is 113 Å². The average Bonchev–Trinajstić information content (AvgIpc) is 3.46. The molecule has 0 bridgehead atoms. The van der Waals surface area contributed by atoms with Gasteiger partial charge in [-0.2, -0.15) is 4.72 Å². The normalized spacial score (nSPS) is 13.9. The van der Waals surface area contributed by atoms with E-state index < -0.39 is 27.6 Å². The van der Waals surface area contributed by atoms with Crippen LogP contribution >= 0.6 is 0 Å². The molecular formula is C30H32N2O5S. The van der Waals surface area contributed by atoms with E-state index in [0.29, 0.717) is 0 Å². The molecule has 3 aromatic carbocycles. The van der Waals surface area contributed by atoms with E-state index in [1.165, 1.54) is 18.4 Å². The number of hydrogen-bond donors (Lipinski definition) is 2. The summed E-state index contributed by atoms with van der Waals surface area (Å²) in [6.07, 6.45) is 1.60. The molecule has 0 radical (unpaired) electrons. The summed E-state index contributed by atoms with van der Waals surface area (Å²) < 4.78 is 41.5. The molecular weight excluding hydrogens is 500 g/mol. The molecule has 0 fully saturated rings. The summed E-state index contributed by atoms with van der Waals surface area (Å²) in [7, 11) is -4.07. The first-order valence-electron chi connectivity index (χ1n) is 12.5. The van der Waals surface area contributed by atoms with Crippen molar-refractivity contribution in [2.24, 2.45) is 0 Å². The molecule has 0 saturated carbocycles. The van der Waals surface area contributed by atoms with Gasteiger partial charge in [0.2, 0.25) is 10.0 Å². The minimum absolute atomic E-state index is 0.0835. The van der Waals surface area contributed by atoms with Crippen molar-refractivity contribution in [1.82, 2.24) is 10.0 Å². The highest BCUT2D eigenvalue weighted by Gasteiger charge is 2.50. The predicted molar refractivity (Wildman–Crippen MR) is 146 cm³/mol. The van der Waals surface area contributed by atoms with Crippen molar-refractivity contribution in [1.29, 1.82) is 0 Å². The standard InChI is InChI=1S/C30H32N2O5S/c1-3-36-29(33)30(21-24-11-6-4-7-12-24,31-22-25-13-8-5-9-14-25)28(27-15-10-20-37-27)32-38(34,35)26-18-16-23(2)17-19-26/h4-20,28,31-32H,3,21-22H2,1-2H3/t28-,30-/m1/s1. The van der Waals surface area contributed by atoms with E-state index in [2.05, 4.69) is 10.0 Å². The van der Waals surface area contributed by atoms with E-state index in [-0.39, 0.29) is 30.2 Å². The molecule has 0 aliphatic carbocycles. The monoisotopic (exact) mass is 532 g/mol. The van der Waals surface area contributed by atoms with Crippen molar-refractivity contribution >= 4 is 16.0 Å². The van der Waals surface area contributed by atoms with E-state index in [4.69, 9.17) is 9.15 Å². The Bertz CT molecular complexity index is 1410. The third-order valence-electron chi connectivity index (χ3n) is 6.34. The fourth-order valence-electron chi connectivity index (χ4n) is 4.36. The molecule has 38 heavy (non-hydrogen) atoms. The first-order valence-corrected chi connectivity index (χ1v) is 13.9. The second-order valence-electron chi connectivity index (χ2n) is 9.08. The lowest BCUT2D eigenvalue weighted by Crippen LogP contribution is -2.62. The highest BCUT2D eigenvalue weighted by atomic mass is 32.2. The summed E-state index contributed by atoms with van der Waals surface area (Å²) in [4.78, 5) is 14.0. The summed E-state index contributed by atoms with van der Waals surface area (Å²) in [6.45, 7) is 4.02. The number of nitrogens with one attached hydrogen (secondary N) is 2. The maximum atomic E-state index is 13.9. The third kappa shape index (κ3) is 6.39. The number of carbonyl (C=O) groups excluding carboxylic acids is 1. The topological polar surface area (TPSA) is 97.6 Å². The molecule has 0 aliphatic rings. The van der Waals surface area contributed by atoms with Crippen LogP contribution in [0.4, 0.5) is 0 Å². The number of hydrogen-bond acceptors (Lipinski definition) is 6. The Labute approximate surface area is 223 Å². The van der Waals surface area contributed by atoms with E-state index >= 15 is 0 Å². The second kappa shape index (κ2) is 12.2. The Balaban J connectivity index is 1.86. The van der Waals surface area contributed by atoms with Crippen LogP contribution in [0.25, 0.3) is 0 Å². The minimum Gasteiger partial charge on any atom is -0.468 e. The number of ether oxygens (including phenoxy) is 1. The summed E-state index contributed by atoms with van der Waals surface area (Å²) in [5.41, 5.74) is 1.13. The molecule has 1 aromatic heterocycles. The molecule has 0 aliphatic heterocycles. The zero-order chi connectivity index (χ0) is 27.0. The lowest BCUT2D eigenvalue weighted by molar-refractivity contribution is -0.153. The van der Waals surface area contributed by atoms with E-state index in [1.807, 2.05) is 67.6 Å². The van der Waals surface area contributed by atoms with Gasteiger partial charge >= 0.3 is 5.97 Å². The van der Waals surface area contributed by atoms with Gasteiger partial charge in [-0.25, -0.2) is 13.2 Å². The summed E-state index contributed by atoms with van der Waals surface area (Å²) in [6, 6.07) is 27.7. The van der Waals surface area contributed by atoms with Gasteiger partial charge in [0, 0.05) is 13.0 Å². The number of sulfonamides is 1. The van der Waals surface area contributed by atoms with Gasteiger partial charge in [0.15, 0.2) is 0 Å². The molecule has 4 rings (SSSR count). The quantitative estimate of drug-likeness (QED) is 0.251. The van der Waals surface area contributed by atoms with Gasteiger partial charge in [0.05, 0.1) is 17.8 Å². The van der Waals surface area contributed by atoms with Gasteiger partial charge in [-0.05, 0) is 49.2 Å². The van der Waals surface area contributed by atoms with Crippen LogP contribution in [-0.2, 0) is 32.5 Å². The molecule has 0 unspecified atom stereocenters. The maximum Gasteiger partial charge on any atom is 0.328 e. The fraction of sp³-hybridized carbons (Fsp3) is 0.233. The highest BCUT2D eigenvalue weighted by molar-refractivity contribution is 7.89. The van der Waals surface area contributed by atoms with Crippen LogP contribution in [0.1, 0.15) is 35.4 Å². The van der Waals surface area contributed by atoms with Crippen molar-refractivity contribution in [3.63, 3.8) is 0 Å². The predicted octanol–water partition coefficient (Wildman–Crippen LogP) is 4.94. The van der Waals surface area contributed by atoms with Crippen LogP contribution in [0, 0.1) is 6.92 Å². The third-order valence-corrected chi connectivity index (χ3v) is 7.78. The number of furan rings is 1. The molecule has 0 saturated heterocycles. The summed E-state index contributed by atoms with van der Waals surface area (Å²) >= 11 is 0. The smallest absolute Gasteiger partial charge is 0.328 e. The van der Waals surface area contributed by atoms with Crippen LogP contribution in [0.5, 0.6) is 0 Å². The molecule has 0 amide bonds. The van der Waals surface area contributed by atoms with Crippen molar-refractivity contribution < 1.29 is 22.4 Å². The Kier molecular flexibility index (Phi) is 8.78. The Morgan fingerprint density at radius 3 is 2.11 bits per heavy atom. The summed E-state index contributed by atoms with van der Waals surface area (Å²) in [5.74, 6) is -0.307. The Morgan fingerprint density at radius 1 is 0.895 bits per heavy atom. The Hall–Kier alpha value is -3.72. The SMILES string of the molecule is CCOC(=O)[C@](Cc1ccccc1)(NCc1ccccc1)[C@H](NS(=O)(=O)c1ccc(C)cc1)c1ccco1. The maximum absolute atomic E-state index is 13.9. The fourth-order valence-corrected chi connectivity index (χ4v) is 5.62. The molecule has 2 atom stereocenters. The zero-order valence-electron chi connectivity index (χ0n) is 21.5. The van der Waals surface area contributed by atoms with Gasteiger partial charge in [0.25, 0.3) is 0 Å².